The predicted octanol–water partition coefficient (Wildman–Crippen LogP) is 6.12. The minimum absolute atomic E-state index is 0.244. The second-order valence-corrected chi connectivity index (χ2v) is 8.02. The van der Waals surface area contributed by atoms with Gasteiger partial charge in [-0.1, -0.05) is 29.8 Å². The largest absolute Gasteiger partial charge is 0.457 e. The number of ether oxygens (including phenoxy) is 1. The maximum absolute atomic E-state index is 14.5. The van der Waals surface area contributed by atoms with Gasteiger partial charge < -0.3 is 4.74 Å². The molecular weight excluding hydrogens is 508 g/mol. The quantitative estimate of drug-likeness (QED) is 0.195. The Morgan fingerprint density at radius 2 is 1.60 bits per heavy atom. The first-order chi connectivity index (χ1) is 16.5. The number of alkyl halides is 3. The predicted molar refractivity (Wildman–Crippen MR) is 126 cm³/mol. The normalized spacial score (nSPS) is 15.4. The van der Waals surface area contributed by atoms with E-state index in [0.717, 1.165) is 4.90 Å². The van der Waals surface area contributed by atoms with E-state index in [2.05, 4.69) is 5.32 Å². The Balaban J connectivity index is 1.67. The van der Waals surface area contributed by atoms with Gasteiger partial charge in [-0.2, -0.15) is 13.2 Å². The summed E-state index contributed by atoms with van der Waals surface area (Å²) in [5, 5.41) is 1.22. The van der Waals surface area contributed by atoms with Crippen molar-refractivity contribution >= 4 is 52.5 Å². The van der Waals surface area contributed by atoms with E-state index >= 15 is 0 Å². The molecule has 3 aromatic rings. The molecule has 1 saturated heterocycles. The van der Waals surface area contributed by atoms with Crippen molar-refractivity contribution in [3.8, 4) is 11.5 Å². The zero-order valence-corrected chi connectivity index (χ0v) is 19.0. The van der Waals surface area contributed by atoms with Crippen LogP contribution in [0.15, 0.2) is 72.3 Å². The molecule has 35 heavy (non-hydrogen) atoms. The molecule has 0 spiro atoms. The maximum Gasteiger partial charge on any atom is 0.416 e. The topological polar surface area (TPSA) is 58.6 Å². The van der Waals surface area contributed by atoms with Crippen molar-refractivity contribution in [1.82, 2.24) is 5.32 Å². The molecule has 5 nitrogen and oxygen atoms in total. The third kappa shape index (κ3) is 5.18. The number of anilines is 1. The molecule has 0 unspecified atom stereocenters. The van der Waals surface area contributed by atoms with Crippen LogP contribution in [0.2, 0.25) is 5.02 Å². The van der Waals surface area contributed by atoms with Crippen molar-refractivity contribution in [3.63, 3.8) is 0 Å². The minimum atomic E-state index is -4.82. The molecule has 1 aliphatic heterocycles. The van der Waals surface area contributed by atoms with Crippen molar-refractivity contribution in [2.45, 2.75) is 6.18 Å². The molecule has 2 amide bonds. The molecule has 0 atom stereocenters. The number of halogens is 5. The Kier molecular flexibility index (Phi) is 6.60. The van der Waals surface area contributed by atoms with Crippen molar-refractivity contribution in [3.05, 3.63) is 94.3 Å². The second kappa shape index (κ2) is 9.47. The average molecular weight is 521 g/mol. The molecule has 3 aromatic carbocycles. The summed E-state index contributed by atoms with van der Waals surface area (Å²) in [5.74, 6) is -2.12. The van der Waals surface area contributed by atoms with Crippen LogP contribution in [0.5, 0.6) is 11.5 Å². The van der Waals surface area contributed by atoms with Crippen LogP contribution in [0.25, 0.3) is 6.08 Å². The van der Waals surface area contributed by atoms with Gasteiger partial charge in [0.05, 0.1) is 16.3 Å². The maximum atomic E-state index is 14.5. The van der Waals surface area contributed by atoms with E-state index in [9.17, 15) is 27.2 Å². The summed E-state index contributed by atoms with van der Waals surface area (Å²) in [6.07, 6.45) is -4.11. The van der Waals surface area contributed by atoms with Gasteiger partial charge >= 0.3 is 6.18 Å². The molecule has 4 rings (SSSR count). The Morgan fingerprint density at radius 1 is 0.971 bits per heavy atom. The molecular formula is C24H13ClF4N2O3S. The number of benzene rings is 3. The van der Waals surface area contributed by atoms with Crippen molar-refractivity contribution in [2.75, 3.05) is 4.90 Å². The zero-order chi connectivity index (χ0) is 25.3. The third-order valence-electron chi connectivity index (χ3n) is 4.86. The molecule has 1 heterocycles. The van der Waals surface area contributed by atoms with E-state index < -0.39 is 45.5 Å². The summed E-state index contributed by atoms with van der Waals surface area (Å²) < 4.78 is 59.5. The van der Waals surface area contributed by atoms with Gasteiger partial charge in [0.2, 0.25) is 0 Å². The van der Waals surface area contributed by atoms with Gasteiger partial charge in [0, 0.05) is 5.56 Å². The molecule has 11 heteroatoms. The highest BCUT2D eigenvalue weighted by atomic mass is 35.5. The lowest BCUT2D eigenvalue weighted by molar-refractivity contribution is -0.137. The number of para-hydroxylation sites is 1. The van der Waals surface area contributed by atoms with E-state index in [4.69, 9.17) is 28.6 Å². The van der Waals surface area contributed by atoms with E-state index in [1.54, 1.807) is 36.4 Å². The van der Waals surface area contributed by atoms with Gasteiger partial charge in [-0.3, -0.25) is 19.8 Å². The van der Waals surface area contributed by atoms with Gasteiger partial charge in [0.1, 0.15) is 22.9 Å². The van der Waals surface area contributed by atoms with Crippen LogP contribution in [0.3, 0.4) is 0 Å². The van der Waals surface area contributed by atoms with E-state index in [0.29, 0.717) is 29.7 Å². The van der Waals surface area contributed by atoms with Gasteiger partial charge in [-0.05, 0) is 66.8 Å². The highest BCUT2D eigenvalue weighted by molar-refractivity contribution is 7.80. The monoisotopic (exact) mass is 520 g/mol. The number of nitrogens with zero attached hydrogens (tertiary/aromatic N) is 1. The molecule has 1 aliphatic rings. The summed E-state index contributed by atoms with van der Waals surface area (Å²) in [6, 6.07) is 15.9. The summed E-state index contributed by atoms with van der Waals surface area (Å²) in [6.45, 7) is 0. The molecule has 0 aliphatic carbocycles. The average Bonchev–Trinajstić information content (AvgIpc) is 2.80. The molecule has 0 bridgehead atoms. The van der Waals surface area contributed by atoms with Crippen LogP contribution in [0, 0.1) is 5.82 Å². The first-order valence-electron chi connectivity index (χ1n) is 9.85. The molecule has 0 aromatic heterocycles. The molecule has 1 fully saturated rings. The first-order valence-corrected chi connectivity index (χ1v) is 10.6. The number of carbonyl (C=O) groups excluding carboxylic acids is 2. The summed E-state index contributed by atoms with van der Waals surface area (Å²) in [4.78, 5) is 26.5. The van der Waals surface area contributed by atoms with Crippen LogP contribution in [0.1, 0.15) is 11.1 Å². The fourth-order valence-electron chi connectivity index (χ4n) is 3.21. The number of rotatable bonds is 4. The summed E-state index contributed by atoms with van der Waals surface area (Å²) in [5.41, 5.74) is -2.30. The number of nitrogens with one attached hydrogen (secondary N) is 1. The van der Waals surface area contributed by atoms with Crippen LogP contribution in [0.4, 0.5) is 23.2 Å². The number of carbonyl (C=O) groups is 2. The minimum Gasteiger partial charge on any atom is -0.457 e. The lowest BCUT2D eigenvalue weighted by Gasteiger charge is -2.29. The second-order valence-electron chi connectivity index (χ2n) is 7.23. The lowest BCUT2D eigenvalue weighted by Crippen LogP contribution is -2.54. The van der Waals surface area contributed by atoms with E-state index in [1.807, 2.05) is 6.07 Å². The van der Waals surface area contributed by atoms with Crippen molar-refractivity contribution < 1.29 is 31.9 Å². The van der Waals surface area contributed by atoms with Crippen LogP contribution in [-0.2, 0) is 15.8 Å². The van der Waals surface area contributed by atoms with Crippen molar-refractivity contribution in [1.29, 1.82) is 0 Å². The number of thiocarbonyl (C=S) groups is 1. The zero-order valence-electron chi connectivity index (χ0n) is 17.4. The van der Waals surface area contributed by atoms with Crippen LogP contribution >= 0.6 is 23.8 Å². The molecule has 0 saturated carbocycles. The SMILES string of the molecule is O=C1NC(=S)N(c2ccc(Oc3ccccc3)cc2)C(=O)/C1=C/c1cc(C(F)(F)F)cc(Cl)c1F. The highest BCUT2D eigenvalue weighted by Gasteiger charge is 2.36. The third-order valence-corrected chi connectivity index (χ3v) is 5.42. The standard InChI is InChI=1S/C24H13ClF4N2O3S/c25-19-12-14(24(27,28)29)10-13(20(19)26)11-18-21(32)30-23(35)31(22(18)33)15-6-8-17(9-7-15)34-16-4-2-1-3-5-16/h1-12H,(H,30,32,35)/b18-11+. The summed E-state index contributed by atoms with van der Waals surface area (Å²) in [7, 11) is 0. The molecule has 0 radical (unpaired) electrons. The Labute approximate surface area is 206 Å². The van der Waals surface area contributed by atoms with E-state index in [-0.39, 0.29) is 10.8 Å². The lowest BCUT2D eigenvalue weighted by atomic mass is 10.0. The fraction of sp³-hybridized carbons (Fsp3) is 0.0417. The first kappa shape index (κ1) is 24.4. The van der Waals surface area contributed by atoms with Crippen LogP contribution < -0.4 is 15.0 Å². The smallest absolute Gasteiger partial charge is 0.416 e. The highest BCUT2D eigenvalue weighted by Crippen LogP contribution is 2.34. The number of hydrogen-bond acceptors (Lipinski definition) is 4. The Bertz CT molecular complexity index is 1360. The van der Waals surface area contributed by atoms with Crippen LogP contribution in [-0.4, -0.2) is 16.9 Å². The van der Waals surface area contributed by atoms with E-state index in [1.165, 1.54) is 12.1 Å². The van der Waals surface area contributed by atoms with Gasteiger partial charge in [0.15, 0.2) is 5.11 Å². The number of hydrogen-bond donors (Lipinski definition) is 1. The van der Waals surface area contributed by atoms with Crippen molar-refractivity contribution in [2.24, 2.45) is 0 Å². The van der Waals surface area contributed by atoms with Gasteiger partial charge in [-0.25, -0.2) is 4.39 Å². The molecule has 1 N–H and O–H groups in total. The Morgan fingerprint density at radius 3 is 2.23 bits per heavy atom. The van der Waals surface area contributed by atoms with Gasteiger partial charge in [0.25, 0.3) is 11.8 Å². The summed E-state index contributed by atoms with van der Waals surface area (Å²) >= 11 is 10.7. The number of amides is 2. The van der Waals surface area contributed by atoms with Gasteiger partial charge in [-0.15, -0.1) is 0 Å². The molecule has 178 valence electrons. The fourth-order valence-corrected chi connectivity index (χ4v) is 3.72. The Hall–Kier alpha value is -3.76.